The van der Waals surface area contributed by atoms with Crippen LogP contribution in [0.2, 0.25) is 5.15 Å². The molecule has 7 heteroatoms. The number of benzene rings is 1. The molecule has 0 unspecified atom stereocenters. The summed E-state index contributed by atoms with van der Waals surface area (Å²) in [4.78, 5) is 25.7. The summed E-state index contributed by atoms with van der Waals surface area (Å²) in [6.45, 7) is 1.40. The first-order valence-electron chi connectivity index (χ1n) is 4.88. The Kier molecular flexibility index (Phi) is 3.04. The van der Waals surface area contributed by atoms with E-state index in [1.54, 1.807) is 0 Å². The van der Waals surface area contributed by atoms with Crippen LogP contribution in [0.15, 0.2) is 27.8 Å². The van der Waals surface area contributed by atoms with E-state index in [4.69, 9.17) is 11.6 Å². The molecule has 4 nitrogen and oxygen atoms in total. The number of halogens is 3. The molecule has 0 spiro atoms. The summed E-state index contributed by atoms with van der Waals surface area (Å²) in [6, 6.07) is 2.41. The van der Waals surface area contributed by atoms with Crippen LogP contribution in [0.4, 0.5) is 8.78 Å². The number of hydrogen-bond donors (Lipinski definition) is 1. The van der Waals surface area contributed by atoms with Gasteiger partial charge in [-0.15, -0.1) is 0 Å². The number of aromatic nitrogens is 2. The maximum atomic E-state index is 13.1. The van der Waals surface area contributed by atoms with Gasteiger partial charge in [-0.1, -0.05) is 11.6 Å². The Balaban J connectivity index is 2.84. The van der Waals surface area contributed by atoms with Crippen molar-refractivity contribution >= 4 is 11.6 Å². The normalized spacial score (nSPS) is 10.7. The van der Waals surface area contributed by atoms with Crippen molar-refractivity contribution in [2.24, 2.45) is 0 Å². The SMILES string of the molecule is Cc1c(Cl)[nH]c(=O)n(-c2cc(F)cc(F)c2)c1=O. The van der Waals surface area contributed by atoms with E-state index in [2.05, 4.69) is 4.98 Å². The third kappa shape index (κ3) is 2.06. The fourth-order valence-electron chi connectivity index (χ4n) is 1.50. The maximum Gasteiger partial charge on any atom is 0.334 e. The molecule has 94 valence electrons. The van der Waals surface area contributed by atoms with Crippen molar-refractivity contribution in [3.8, 4) is 5.69 Å². The molecule has 0 aliphatic carbocycles. The van der Waals surface area contributed by atoms with Gasteiger partial charge in [-0.05, 0) is 19.1 Å². The van der Waals surface area contributed by atoms with E-state index in [0.717, 1.165) is 12.1 Å². The van der Waals surface area contributed by atoms with Gasteiger partial charge in [-0.2, -0.15) is 0 Å². The van der Waals surface area contributed by atoms with Crippen LogP contribution in [0.1, 0.15) is 5.56 Å². The van der Waals surface area contributed by atoms with Crippen LogP contribution in [0.5, 0.6) is 0 Å². The van der Waals surface area contributed by atoms with E-state index < -0.39 is 22.9 Å². The molecular weight excluding hydrogens is 266 g/mol. The molecule has 0 aliphatic rings. The number of nitrogens with one attached hydrogen (secondary N) is 1. The van der Waals surface area contributed by atoms with Crippen LogP contribution >= 0.6 is 11.6 Å². The minimum Gasteiger partial charge on any atom is -0.297 e. The molecular formula is C11H7ClF2N2O2. The third-order valence-corrected chi connectivity index (χ3v) is 2.76. The fraction of sp³-hybridized carbons (Fsp3) is 0.0909. The van der Waals surface area contributed by atoms with E-state index in [-0.39, 0.29) is 16.4 Å². The largest absolute Gasteiger partial charge is 0.334 e. The third-order valence-electron chi connectivity index (χ3n) is 2.38. The fourth-order valence-corrected chi connectivity index (χ4v) is 1.66. The van der Waals surface area contributed by atoms with Crippen LogP contribution < -0.4 is 11.2 Å². The lowest BCUT2D eigenvalue weighted by atomic mass is 10.3. The lowest BCUT2D eigenvalue weighted by Gasteiger charge is -2.06. The van der Waals surface area contributed by atoms with Gasteiger partial charge in [0.2, 0.25) is 0 Å². The maximum absolute atomic E-state index is 13.1. The van der Waals surface area contributed by atoms with Gasteiger partial charge in [0.05, 0.1) is 11.3 Å². The molecule has 2 aromatic rings. The van der Waals surface area contributed by atoms with Crippen molar-refractivity contribution in [1.29, 1.82) is 0 Å². The predicted molar refractivity (Wildman–Crippen MR) is 62.3 cm³/mol. The highest BCUT2D eigenvalue weighted by Gasteiger charge is 2.12. The van der Waals surface area contributed by atoms with Gasteiger partial charge in [0, 0.05) is 6.07 Å². The van der Waals surface area contributed by atoms with Crippen molar-refractivity contribution in [3.05, 3.63) is 61.4 Å². The van der Waals surface area contributed by atoms with Crippen LogP contribution in [-0.4, -0.2) is 9.55 Å². The second-order valence-electron chi connectivity index (χ2n) is 3.64. The minimum absolute atomic E-state index is 0.0842. The van der Waals surface area contributed by atoms with Crippen LogP contribution in [-0.2, 0) is 0 Å². The molecule has 1 aromatic carbocycles. The van der Waals surface area contributed by atoms with E-state index in [1.807, 2.05) is 0 Å². The van der Waals surface area contributed by atoms with Gasteiger partial charge in [0.25, 0.3) is 5.56 Å². The minimum atomic E-state index is -0.885. The van der Waals surface area contributed by atoms with Gasteiger partial charge in [-0.25, -0.2) is 18.1 Å². The van der Waals surface area contributed by atoms with Crippen LogP contribution in [0.3, 0.4) is 0 Å². The standard InChI is InChI=1S/C11H7ClF2N2O2/c1-5-9(12)15-11(18)16(10(5)17)8-3-6(13)2-7(14)4-8/h2-4H,1H3,(H,15,18). The molecule has 0 saturated carbocycles. The quantitative estimate of drug-likeness (QED) is 0.805. The number of rotatable bonds is 1. The van der Waals surface area contributed by atoms with E-state index in [1.165, 1.54) is 6.92 Å². The topological polar surface area (TPSA) is 54.9 Å². The predicted octanol–water partition coefficient (Wildman–Crippen LogP) is 1.77. The first-order valence-corrected chi connectivity index (χ1v) is 5.26. The molecule has 1 N–H and O–H groups in total. The van der Waals surface area contributed by atoms with Gasteiger partial charge in [0.1, 0.15) is 16.8 Å². The van der Waals surface area contributed by atoms with Crippen molar-refractivity contribution in [3.63, 3.8) is 0 Å². The number of aromatic amines is 1. The van der Waals surface area contributed by atoms with Gasteiger partial charge in [-0.3, -0.25) is 9.78 Å². The monoisotopic (exact) mass is 272 g/mol. The molecule has 1 heterocycles. The molecule has 18 heavy (non-hydrogen) atoms. The summed E-state index contributed by atoms with van der Waals surface area (Å²) in [5.74, 6) is -1.77. The van der Waals surface area contributed by atoms with Crippen molar-refractivity contribution < 1.29 is 8.78 Å². The average molecular weight is 273 g/mol. The summed E-state index contributed by atoms with van der Waals surface area (Å²) >= 11 is 5.62. The zero-order chi connectivity index (χ0) is 13.4. The Hall–Kier alpha value is -1.95. The Morgan fingerprint density at radius 2 is 1.72 bits per heavy atom. The highest BCUT2D eigenvalue weighted by Crippen LogP contribution is 2.11. The first kappa shape index (κ1) is 12.5. The Bertz CT molecular complexity index is 717. The van der Waals surface area contributed by atoms with Crippen molar-refractivity contribution in [2.45, 2.75) is 6.92 Å². The molecule has 0 saturated heterocycles. The molecule has 0 radical (unpaired) electrons. The summed E-state index contributed by atoms with van der Waals surface area (Å²) in [5, 5.41) is -0.0990. The smallest absolute Gasteiger partial charge is 0.297 e. The number of H-pyrrole nitrogens is 1. The zero-order valence-corrected chi connectivity index (χ0v) is 9.89. The van der Waals surface area contributed by atoms with E-state index in [0.29, 0.717) is 10.6 Å². The molecule has 1 aromatic heterocycles. The van der Waals surface area contributed by atoms with Crippen LogP contribution in [0.25, 0.3) is 5.69 Å². The van der Waals surface area contributed by atoms with Crippen molar-refractivity contribution in [1.82, 2.24) is 9.55 Å². The lowest BCUT2D eigenvalue weighted by molar-refractivity contribution is 0.580. The van der Waals surface area contributed by atoms with Crippen molar-refractivity contribution in [2.75, 3.05) is 0 Å². The number of hydrogen-bond acceptors (Lipinski definition) is 2. The van der Waals surface area contributed by atoms with E-state index >= 15 is 0 Å². The molecule has 0 amide bonds. The van der Waals surface area contributed by atoms with E-state index in [9.17, 15) is 18.4 Å². The molecule has 2 rings (SSSR count). The van der Waals surface area contributed by atoms with Gasteiger partial charge >= 0.3 is 5.69 Å². The zero-order valence-electron chi connectivity index (χ0n) is 9.13. The summed E-state index contributed by atoms with van der Waals surface area (Å²) in [6.07, 6.45) is 0. The Morgan fingerprint density at radius 3 is 2.28 bits per heavy atom. The summed E-state index contributed by atoms with van der Waals surface area (Å²) < 4.78 is 26.7. The van der Waals surface area contributed by atoms with Crippen LogP contribution in [0, 0.1) is 18.6 Å². The molecule has 0 bridgehead atoms. The highest BCUT2D eigenvalue weighted by atomic mass is 35.5. The second kappa shape index (κ2) is 4.38. The summed E-state index contributed by atoms with van der Waals surface area (Å²) in [5.41, 5.74) is -1.70. The highest BCUT2D eigenvalue weighted by molar-refractivity contribution is 6.30. The molecule has 0 aliphatic heterocycles. The van der Waals surface area contributed by atoms with Gasteiger partial charge in [0.15, 0.2) is 0 Å². The number of nitrogens with zero attached hydrogens (tertiary/aromatic N) is 1. The van der Waals surface area contributed by atoms with Gasteiger partial charge < -0.3 is 0 Å². The lowest BCUT2D eigenvalue weighted by Crippen LogP contribution is -2.35. The summed E-state index contributed by atoms with van der Waals surface area (Å²) in [7, 11) is 0. The Morgan fingerprint density at radius 1 is 1.17 bits per heavy atom. The molecule has 0 fully saturated rings. The first-order chi connectivity index (χ1) is 8.40. The Labute approximate surface area is 104 Å². The molecule has 0 atom stereocenters. The average Bonchev–Trinajstić information content (AvgIpc) is 2.24. The second-order valence-corrected chi connectivity index (χ2v) is 4.02.